The standard InChI is InChI=1S/C11H8FN3O3/c12-7-1-2-10(9(5-7)15(16)17)18-8-3-4-14-11(13)6-8/h1-6H,(H2,13,14). The summed E-state index contributed by atoms with van der Waals surface area (Å²) < 4.78 is 18.2. The number of pyridine rings is 1. The van der Waals surface area contributed by atoms with E-state index in [9.17, 15) is 14.5 Å². The number of hydrogen-bond donors (Lipinski definition) is 1. The third-order valence-corrected chi connectivity index (χ3v) is 2.10. The second kappa shape index (κ2) is 4.66. The van der Waals surface area contributed by atoms with Gasteiger partial charge in [0.2, 0.25) is 5.75 Å². The lowest BCUT2D eigenvalue weighted by Crippen LogP contribution is -1.95. The van der Waals surface area contributed by atoms with Crippen LogP contribution in [0.5, 0.6) is 11.5 Å². The van der Waals surface area contributed by atoms with E-state index in [-0.39, 0.29) is 17.3 Å². The molecule has 0 atom stereocenters. The Bertz CT molecular complexity index is 604. The summed E-state index contributed by atoms with van der Waals surface area (Å²) in [4.78, 5) is 13.8. The third-order valence-electron chi connectivity index (χ3n) is 2.10. The number of aromatic nitrogens is 1. The number of rotatable bonds is 3. The molecule has 18 heavy (non-hydrogen) atoms. The number of hydrogen-bond acceptors (Lipinski definition) is 5. The number of halogens is 1. The van der Waals surface area contributed by atoms with Gasteiger partial charge in [-0.2, -0.15) is 0 Å². The van der Waals surface area contributed by atoms with Gasteiger partial charge in [-0.15, -0.1) is 0 Å². The maximum atomic E-state index is 12.9. The van der Waals surface area contributed by atoms with Gasteiger partial charge in [0.15, 0.2) is 0 Å². The zero-order valence-corrected chi connectivity index (χ0v) is 9.04. The highest BCUT2D eigenvalue weighted by molar-refractivity contribution is 5.49. The fraction of sp³-hybridized carbons (Fsp3) is 0. The van der Waals surface area contributed by atoms with Crippen molar-refractivity contribution >= 4 is 11.5 Å². The Labute approximate surface area is 101 Å². The van der Waals surface area contributed by atoms with E-state index >= 15 is 0 Å². The number of nitro benzene ring substituents is 1. The van der Waals surface area contributed by atoms with Gasteiger partial charge in [-0.3, -0.25) is 10.1 Å². The maximum Gasteiger partial charge on any atom is 0.314 e. The molecule has 7 heteroatoms. The Morgan fingerprint density at radius 2 is 2.11 bits per heavy atom. The summed E-state index contributed by atoms with van der Waals surface area (Å²) >= 11 is 0. The molecule has 0 unspecified atom stereocenters. The lowest BCUT2D eigenvalue weighted by atomic mass is 10.3. The van der Waals surface area contributed by atoms with Crippen molar-refractivity contribution < 1.29 is 14.1 Å². The molecule has 92 valence electrons. The Kier molecular flexibility index (Phi) is 3.05. The molecule has 0 aliphatic carbocycles. The van der Waals surface area contributed by atoms with Crippen molar-refractivity contribution in [3.63, 3.8) is 0 Å². The van der Waals surface area contributed by atoms with Gasteiger partial charge in [-0.05, 0) is 18.2 Å². The monoisotopic (exact) mass is 249 g/mol. The van der Waals surface area contributed by atoms with Crippen LogP contribution in [0.1, 0.15) is 0 Å². The summed E-state index contributed by atoms with van der Waals surface area (Å²) in [5, 5.41) is 10.8. The minimum Gasteiger partial charge on any atom is -0.450 e. The van der Waals surface area contributed by atoms with E-state index in [4.69, 9.17) is 10.5 Å². The van der Waals surface area contributed by atoms with E-state index in [2.05, 4.69) is 4.98 Å². The van der Waals surface area contributed by atoms with Gasteiger partial charge in [0.1, 0.15) is 17.4 Å². The van der Waals surface area contributed by atoms with Crippen molar-refractivity contribution in [1.29, 1.82) is 0 Å². The molecule has 0 radical (unpaired) electrons. The van der Waals surface area contributed by atoms with Crippen LogP contribution in [0.3, 0.4) is 0 Å². The first-order valence-corrected chi connectivity index (χ1v) is 4.89. The van der Waals surface area contributed by atoms with Crippen molar-refractivity contribution in [2.45, 2.75) is 0 Å². The van der Waals surface area contributed by atoms with Gasteiger partial charge < -0.3 is 10.5 Å². The van der Waals surface area contributed by atoms with E-state index in [1.54, 1.807) is 0 Å². The van der Waals surface area contributed by atoms with Crippen LogP contribution in [0.15, 0.2) is 36.5 Å². The molecule has 0 amide bonds. The molecule has 0 aliphatic rings. The van der Waals surface area contributed by atoms with E-state index < -0.39 is 16.4 Å². The van der Waals surface area contributed by atoms with E-state index in [1.807, 2.05) is 0 Å². The van der Waals surface area contributed by atoms with Crippen LogP contribution in [-0.4, -0.2) is 9.91 Å². The SMILES string of the molecule is Nc1cc(Oc2ccc(F)cc2[N+](=O)[O-])ccn1. The highest BCUT2D eigenvalue weighted by atomic mass is 19.1. The Hall–Kier alpha value is -2.70. The van der Waals surface area contributed by atoms with E-state index in [1.165, 1.54) is 24.4 Å². The van der Waals surface area contributed by atoms with Crippen LogP contribution in [0.25, 0.3) is 0 Å². The van der Waals surface area contributed by atoms with Crippen molar-refractivity contribution in [3.8, 4) is 11.5 Å². The van der Waals surface area contributed by atoms with Crippen LogP contribution in [0, 0.1) is 15.9 Å². The zero-order valence-electron chi connectivity index (χ0n) is 9.04. The van der Waals surface area contributed by atoms with Crippen LogP contribution in [-0.2, 0) is 0 Å². The van der Waals surface area contributed by atoms with E-state index in [0.717, 1.165) is 12.1 Å². The minimum absolute atomic E-state index is 0.0630. The molecule has 0 fully saturated rings. The van der Waals surface area contributed by atoms with Crippen LogP contribution < -0.4 is 10.5 Å². The molecule has 2 rings (SSSR count). The van der Waals surface area contributed by atoms with Crippen molar-refractivity contribution in [1.82, 2.24) is 4.98 Å². The lowest BCUT2D eigenvalue weighted by Gasteiger charge is -2.06. The predicted octanol–water partition coefficient (Wildman–Crippen LogP) is 2.50. The molecule has 2 aromatic rings. The fourth-order valence-corrected chi connectivity index (χ4v) is 1.34. The van der Waals surface area contributed by atoms with Gasteiger partial charge in [0, 0.05) is 12.3 Å². The first kappa shape index (κ1) is 11.8. The van der Waals surface area contributed by atoms with Gasteiger partial charge in [-0.1, -0.05) is 0 Å². The average Bonchev–Trinajstić information content (AvgIpc) is 2.31. The summed E-state index contributed by atoms with van der Waals surface area (Å²) in [5.41, 5.74) is 5.00. The number of ether oxygens (including phenoxy) is 1. The Morgan fingerprint density at radius 3 is 2.78 bits per heavy atom. The van der Waals surface area contributed by atoms with Gasteiger partial charge in [0.25, 0.3) is 0 Å². The highest BCUT2D eigenvalue weighted by Gasteiger charge is 2.17. The summed E-state index contributed by atoms with van der Waals surface area (Å²) in [5.74, 6) is -0.259. The van der Waals surface area contributed by atoms with Crippen molar-refractivity contribution in [2.24, 2.45) is 0 Å². The molecule has 0 spiro atoms. The van der Waals surface area contributed by atoms with Crippen LogP contribution in [0.4, 0.5) is 15.9 Å². The topological polar surface area (TPSA) is 91.3 Å². The minimum atomic E-state index is -0.719. The number of nitrogens with two attached hydrogens (primary N) is 1. The molecule has 2 N–H and O–H groups in total. The van der Waals surface area contributed by atoms with Crippen molar-refractivity contribution in [3.05, 3.63) is 52.5 Å². The second-order valence-electron chi connectivity index (χ2n) is 3.39. The Balaban J connectivity index is 2.37. The summed E-state index contributed by atoms with van der Waals surface area (Å²) in [6.07, 6.45) is 1.40. The van der Waals surface area contributed by atoms with Crippen LogP contribution in [0.2, 0.25) is 0 Å². The lowest BCUT2D eigenvalue weighted by molar-refractivity contribution is -0.385. The molecule has 0 aliphatic heterocycles. The third kappa shape index (κ3) is 2.51. The van der Waals surface area contributed by atoms with E-state index in [0.29, 0.717) is 0 Å². The molecule has 1 heterocycles. The molecular weight excluding hydrogens is 241 g/mol. The first-order chi connectivity index (χ1) is 8.56. The molecule has 6 nitrogen and oxygen atoms in total. The number of nitrogens with zero attached hydrogens (tertiary/aromatic N) is 2. The first-order valence-electron chi connectivity index (χ1n) is 4.89. The summed E-state index contributed by atoms with van der Waals surface area (Å²) in [6, 6.07) is 5.95. The second-order valence-corrected chi connectivity index (χ2v) is 3.39. The fourth-order valence-electron chi connectivity index (χ4n) is 1.34. The van der Waals surface area contributed by atoms with Gasteiger partial charge >= 0.3 is 5.69 Å². The number of nitro groups is 1. The molecule has 0 bridgehead atoms. The molecule has 1 aromatic heterocycles. The number of benzene rings is 1. The smallest absolute Gasteiger partial charge is 0.314 e. The normalized spacial score (nSPS) is 10.1. The molecule has 0 saturated heterocycles. The zero-order chi connectivity index (χ0) is 13.1. The largest absolute Gasteiger partial charge is 0.450 e. The van der Waals surface area contributed by atoms with Gasteiger partial charge in [0.05, 0.1) is 11.0 Å². The predicted molar refractivity (Wildman–Crippen MR) is 61.8 cm³/mol. The molecule has 1 aromatic carbocycles. The molecule has 0 saturated carbocycles. The Morgan fingerprint density at radius 1 is 1.33 bits per heavy atom. The quantitative estimate of drug-likeness (QED) is 0.666. The van der Waals surface area contributed by atoms with Crippen LogP contribution >= 0.6 is 0 Å². The molecular formula is C11H8FN3O3. The maximum absolute atomic E-state index is 12.9. The number of anilines is 1. The summed E-state index contributed by atoms with van der Waals surface area (Å²) in [7, 11) is 0. The average molecular weight is 249 g/mol. The highest BCUT2D eigenvalue weighted by Crippen LogP contribution is 2.31. The number of nitrogen functional groups attached to an aromatic ring is 1. The van der Waals surface area contributed by atoms with Crippen molar-refractivity contribution in [2.75, 3.05) is 5.73 Å². The summed E-state index contributed by atoms with van der Waals surface area (Å²) in [6.45, 7) is 0. The van der Waals surface area contributed by atoms with Gasteiger partial charge in [-0.25, -0.2) is 9.37 Å².